The van der Waals surface area contributed by atoms with E-state index >= 15 is 0 Å². The Morgan fingerprint density at radius 3 is 1.82 bits per heavy atom. The van der Waals surface area contributed by atoms with Crippen LogP contribution in [0, 0.1) is 0 Å². The maximum absolute atomic E-state index is 12.1. The normalized spacial score (nSPS) is 11.8. The van der Waals surface area contributed by atoms with Crippen molar-refractivity contribution in [2.24, 2.45) is 5.14 Å². The lowest BCUT2D eigenvalue weighted by atomic mass is 10.1. The zero-order valence-corrected chi connectivity index (χ0v) is 17.2. The van der Waals surface area contributed by atoms with E-state index in [1.165, 1.54) is 7.11 Å². The highest BCUT2D eigenvalue weighted by molar-refractivity contribution is 7.93. The highest BCUT2D eigenvalue weighted by Crippen LogP contribution is 2.29. The van der Waals surface area contributed by atoms with Gasteiger partial charge in [-0.1, -0.05) is 18.2 Å². The molecule has 0 heterocycles. The quantitative estimate of drug-likeness (QED) is 0.686. The van der Waals surface area contributed by atoms with E-state index in [9.17, 15) is 8.42 Å². The van der Waals surface area contributed by atoms with Crippen LogP contribution in [-0.2, 0) is 22.9 Å². The van der Waals surface area contributed by atoms with Crippen molar-refractivity contribution in [3.63, 3.8) is 0 Å². The number of rotatable bonds is 9. The Morgan fingerprint density at radius 1 is 0.857 bits per heavy atom. The zero-order valence-electron chi connectivity index (χ0n) is 16.4. The fraction of sp³-hybridized carbons (Fsp3) is 0.300. The first-order chi connectivity index (χ1) is 13.3. The summed E-state index contributed by atoms with van der Waals surface area (Å²) >= 11 is 0. The minimum Gasteiger partial charge on any atom is -0.497 e. The zero-order chi connectivity index (χ0) is 20.7. The fourth-order valence-electron chi connectivity index (χ4n) is 2.72. The first-order valence-corrected chi connectivity index (χ1v) is 10.0. The summed E-state index contributed by atoms with van der Waals surface area (Å²) in [6.45, 7) is 0. The lowest BCUT2D eigenvalue weighted by Crippen LogP contribution is -2.17. The number of ether oxygens (including phenoxy) is 4. The molecule has 0 radical (unpaired) electrons. The van der Waals surface area contributed by atoms with Crippen LogP contribution in [0.5, 0.6) is 23.0 Å². The summed E-state index contributed by atoms with van der Waals surface area (Å²) < 4.78 is 45.3. The minimum absolute atomic E-state index is 0.0915. The molecule has 8 heteroatoms. The number of hydrogen-bond acceptors (Lipinski definition) is 6. The van der Waals surface area contributed by atoms with Crippen LogP contribution in [-0.4, -0.2) is 36.9 Å². The molecular formula is C20H25NO6S. The van der Waals surface area contributed by atoms with Crippen LogP contribution < -0.4 is 24.1 Å². The van der Waals surface area contributed by atoms with Crippen molar-refractivity contribution in [1.82, 2.24) is 0 Å². The number of nitrogens with two attached hydrogens (primary N) is 1. The second-order valence-corrected chi connectivity index (χ2v) is 7.57. The van der Waals surface area contributed by atoms with Crippen LogP contribution in [0.4, 0.5) is 0 Å². The monoisotopic (exact) mass is 407 g/mol. The Hall–Kier alpha value is -2.71. The molecule has 2 aromatic rings. The maximum Gasteiger partial charge on any atom is 0.234 e. The minimum atomic E-state index is -3.90. The Balaban J connectivity index is 2.35. The van der Waals surface area contributed by atoms with E-state index in [1.54, 1.807) is 57.7 Å². The molecule has 2 N–H and O–H groups in total. The number of primary sulfonamides is 1. The molecule has 0 unspecified atom stereocenters. The number of allylic oxidation sites excluding steroid dienone is 2. The Bertz CT molecular complexity index is 953. The van der Waals surface area contributed by atoms with Crippen molar-refractivity contribution in [3.8, 4) is 23.0 Å². The van der Waals surface area contributed by atoms with Crippen molar-refractivity contribution in [3.05, 3.63) is 58.5 Å². The van der Waals surface area contributed by atoms with Gasteiger partial charge in [-0.25, -0.2) is 13.6 Å². The molecule has 7 nitrogen and oxygen atoms in total. The molecule has 0 fully saturated rings. The molecule has 0 atom stereocenters. The second-order valence-electron chi connectivity index (χ2n) is 5.95. The molecule has 2 aromatic carbocycles. The topological polar surface area (TPSA) is 97.1 Å². The Labute approximate surface area is 165 Å². The van der Waals surface area contributed by atoms with Crippen LogP contribution in [0.2, 0.25) is 0 Å². The predicted molar refractivity (Wildman–Crippen MR) is 108 cm³/mol. The molecule has 0 aliphatic rings. The van der Waals surface area contributed by atoms with Crippen molar-refractivity contribution < 1.29 is 27.4 Å². The van der Waals surface area contributed by atoms with E-state index in [2.05, 4.69) is 0 Å². The highest BCUT2D eigenvalue weighted by atomic mass is 32.2. The number of methoxy groups -OCH3 is 4. The van der Waals surface area contributed by atoms with E-state index in [0.717, 1.165) is 5.56 Å². The largest absolute Gasteiger partial charge is 0.497 e. The molecule has 152 valence electrons. The summed E-state index contributed by atoms with van der Waals surface area (Å²) in [6.07, 6.45) is 2.02. The molecule has 0 aliphatic heterocycles. The summed E-state index contributed by atoms with van der Waals surface area (Å²) in [6, 6.07) is 10.5. The Kier molecular flexibility index (Phi) is 7.31. The van der Waals surface area contributed by atoms with Gasteiger partial charge in [-0.15, -0.1) is 0 Å². The summed E-state index contributed by atoms with van der Waals surface area (Å²) in [7, 11) is 2.28. The SMILES string of the molecule is COc1ccc(CC=C(Cc2ccc(OC)cc2OC)S(N)(=O)=O)c(OC)c1. The second kappa shape index (κ2) is 9.48. The number of benzene rings is 2. The molecule has 0 spiro atoms. The van der Waals surface area contributed by atoms with E-state index in [1.807, 2.05) is 6.07 Å². The maximum atomic E-state index is 12.1. The van der Waals surface area contributed by atoms with Crippen LogP contribution >= 0.6 is 0 Å². The van der Waals surface area contributed by atoms with E-state index in [4.69, 9.17) is 24.1 Å². The van der Waals surface area contributed by atoms with Gasteiger partial charge in [0.25, 0.3) is 0 Å². The average molecular weight is 407 g/mol. The van der Waals surface area contributed by atoms with E-state index in [-0.39, 0.29) is 11.3 Å². The molecule has 28 heavy (non-hydrogen) atoms. The first-order valence-electron chi connectivity index (χ1n) is 8.46. The molecule has 2 rings (SSSR count). The first kappa shape index (κ1) is 21.6. The third-order valence-electron chi connectivity index (χ3n) is 4.27. The highest BCUT2D eigenvalue weighted by Gasteiger charge is 2.16. The fourth-order valence-corrected chi connectivity index (χ4v) is 3.39. The molecule has 0 saturated carbocycles. The van der Waals surface area contributed by atoms with E-state index in [0.29, 0.717) is 35.0 Å². The smallest absolute Gasteiger partial charge is 0.234 e. The molecular weight excluding hydrogens is 382 g/mol. The molecule has 0 aromatic heterocycles. The van der Waals surface area contributed by atoms with Gasteiger partial charge in [-0.05, 0) is 29.7 Å². The van der Waals surface area contributed by atoms with Gasteiger partial charge in [0.1, 0.15) is 23.0 Å². The van der Waals surface area contributed by atoms with Crippen LogP contribution in [0.1, 0.15) is 11.1 Å². The van der Waals surface area contributed by atoms with Gasteiger partial charge < -0.3 is 18.9 Å². The summed E-state index contributed by atoms with van der Waals surface area (Å²) in [5, 5.41) is 5.44. The van der Waals surface area contributed by atoms with Gasteiger partial charge in [-0.2, -0.15) is 0 Å². The molecule has 0 saturated heterocycles. The van der Waals surface area contributed by atoms with Crippen molar-refractivity contribution in [2.45, 2.75) is 12.8 Å². The third kappa shape index (κ3) is 5.40. The van der Waals surface area contributed by atoms with E-state index < -0.39 is 10.0 Å². The standard InChI is InChI=1S/C20H25NO6S/c1-24-16-8-5-14(19(12-16)26-3)7-10-18(28(21,22)23)11-15-6-9-17(25-2)13-20(15)27-4/h5-6,8-10,12-13H,7,11H2,1-4H3,(H2,21,22,23). The molecule has 0 aliphatic carbocycles. The van der Waals surface area contributed by atoms with Gasteiger partial charge in [0.15, 0.2) is 0 Å². The van der Waals surface area contributed by atoms with Gasteiger partial charge in [0, 0.05) is 18.6 Å². The van der Waals surface area contributed by atoms with Crippen LogP contribution in [0.3, 0.4) is 0 Å². The van der Waals surface area contributed by atoms with Gasteiger partial charge in [0.05, 0.1) is 33.3 Å². The summed E-state index contributed by atoms with van der Waals surface area (Å²) in [4.78, 5) is 0.0915. The van der Waals surface area contributed by atoms with Crippen LogP contribution in [0.25, 0.3) is 0 Å². The van der Waals surface area contributed by atoms with Crippen molar-refractivity contribution in [2.75, 3.05) is 28.4 Å². The number of hydrogen-bond donors (Lipinski definition) is 1. The van der Waals surface area contributed by atoms with Crippen molar-refractivity contribution in [1.29, 1.82) is 0 Å². The lowest BCUT2D eigenvalue weighted by Gasteiger charge is -2.13. The molecule has 0 amide bonds. The lowest BCUT2D eigenvalue weighted by molar-refractivity contribution is 0.391. The molecule has 0 bridgehead atoms. The van der Waals surface area contributed by atoms with Gasteiger partial charge in [0.2, 0.25) is 10.0 Å². The summed E-state index contributed by atoms with van der Waals surface area (Å²) in [5.41, 5.74) is 1.50. The summed E-state index contributed by atoms with van der Waals surface area (Å²) in [5.74, 6) is 2.39. The number of sulfonamides is 1. The van der Waals surface area contributed by atoms with Gasteiger partial charge in [-0.3, -0.25) is 0 Å². The van der Waals surface area contributed by atoms with Gasteiger partial charge >= 0.3 is 0 Å². The van der Waals surface area contributed by atoms with Crippen molar-refractivity contribution >= 4 is 10.0 Å². The predicted octanol–water partition coefficient (Wildman–Crippen LogP) is 2.68. The Morgan fingerprint density at radius 2 is 1.36 bits per heavy atom. The third-order valence-corrected chi connectivity index (χ3v) is 5.31. The van der Waals surface area contributed by atoms with Crippen LogP contribution in [0.15, 0.2) is 47.4 Å². The average Bonchev–Trinajstić information content (AvgIpc) is 2.70.